The standard InChI is InChI=1S/C46H35N7O2/c1-26(2)28-14-13-15-29(27(3)4)42(28)53-43(54)40-38(51-36-22-11-9-20-34(36)49-32-18-7-5-16-30(32)47-45(49)51)24-25-39(41(40)44(53)55)52-37-23-12-10-21-35(37)50-33-19-8-6-17-31(33)48-46(50)52/h5-27H,1-4H3. The number of amides is 2. The van der Waals surface area contributed by atoms with Gasteiger partial charge in [0, 0.05) is 0 Å². The number of benzene rings is 6. The number of rotatable bonds is 5. The molecule has 0 bridgehead atoms. The number of hydrogen-bond donors (Lipinski definition) is 0. The Labute approximate surface area is 315 Å². The van der Waals surface area contributed by atoms with Gasteiger partial charge in [-0.2, -0.15) is 0 Å². The fourth-order valence-corrected chi connectivity index (χ4v) is 8.85. The van der Waals surface area contributed by atoms with Crippen LogP contribution in [0.15, 0.2) is 127 Å². The van der Waals surface area contributed by atoms with Crippen LogP contribution < -0.4 is 4.90 Å². The average molecular weight is 718 g/mol. The van der Waals surface area contributed by atoms with Crippen molar-refractivity contribution in [2.75, 3.05) is 4.90 Å². The monoisotopic (exact) mass is 717 g/mol. The van der Waals surface area contributed by atoms with Gasteiger partial charge in [-0.15, -0.1) is 0 Å². The van der Waals surface area contributed by atoms with Gasteiger partial charge >= 0.3 is 0 Å². The van der Waals surface area contributed by atoms with E-state index in [4.69, 9.17) is 9.97 Å². The van der Waals surface area contributed by atoms with Gasteiger partial charge in [-0.3, -0.25) is 27.5 Å². The molecular weight excluding hydrogens is 683 g/mol. The third-order valence-corrected chi connectivity index (χ3v) is 11.3. The highest BCUT2D eigenvalue weighted by molar-refractivity contribution is 6.37. The molecule has 55 heavy (non-hydrogen) atoms. The zero-order valence-corrected chi connectivity index (χ0v) is 30.7. The number of nitrogens with zero attached hydrogens (tertiary/aromatic N) is 7. The van der Waals surface area contributed by atoms with Crippen LogP contribution in [0.1, 0.15) is 71.4 Å². The van der Waals surface area contributed by atoms with Gasteiger partial charge < -0.3 is 0 Å². The molecule has 0 unspecified atom stereocenters. The van der Waals surface area contributed by atoms with E-state index in [-0.39, 0.29) is 23.7 Å². The minimum Gasteiger partial charge on any atom is -0.277 e. The molecule has 0 atom stereocenters. The normalized spacial score (nSPS) is 13.5. The fourth-order valence-electron chi connectivity index (χ4n) is 8.85. The highest BCUT2D eigenvalue weighted by Gasteiger charge is 2.44. The van der Waals surface area contributed by atoms with Crippen molar-refractivity contribution in [3.8, 4) is 11.4 Å². The van der Waals surface area contributed by atoms with E-state index in [0.717, 1.165) is 55.3 Å². The van der Waals surface area contributed by atoms with Crippen LogP contribution in [0.2, 0.25) is 0 Å². The molecular formula is C46H35N7O2. The number of para-hydroxylation sites is 9. The van der Waals surface area contributed by atoms with Gasteiger partial charge in [0.15, 0.2) is 0 Å². The Kier molecular flexibility index (Phi) is 6.45. The molecule has 0 saturated carbocycles. The summed E-state index contributed by atoms with van der Waals surface area (Å²) in [4.78, 5) is 42.8. The number of imide groups is 1. The van der Waals surface area contributed by atoms with Crippen molar-refractivity contribution < 1.29 is 9.59 Å². The minimum absolute atomic E-state index is 0.0627. The van der Waals surface area contributed by atoms with Gasteiger partial charge in [0.2, 0.25) is 11.6 Å². The van der Waals surface area contributed by atoms with E-state index in [9.17, 15) is 0 Å². The lowest BCUT2D eigenvalue weighted by Crippen LogP contribution is -2.32. The van der Waals surface area contributed by atoms with E-state index in [0.29, 0.717) is 39.7 Å². The Morgan fingerprint density at radius 2 is 0.818 bits per heavy atom. The number of carbonyl (C=O) groups excluding carboxylic acids is 2. The fraction of sp³-hybridized carbons (Fsp3) is 0.130. The Hall–Kier alpha value is -7.00. The predicted octanol–water partition coefficient (Wildman–Crippen LogP) is 10.2. The van der Waals surface area contributed by atoms with Crippen LogP contribution in [0.4, 0.5) is 5.69 Å². The molecule has 9 nitrogen and oxygen atoms in total. The molecule has 11 rings (SSSR count). The van der Waals surface area contributed by atoms with E-state index in [1.54, 1.807) is 0 Å². The Bertz CT molecular complexity index is 3070. The molecule has 4 aromatic heterocycles. The Morgan fingerprint density at radius 3 is 1.24 bits per heavy atom. The van der Waals surface area contributed by atoms with Crippen LogP contribution >= 0.6 is 0 Å². The molecule has 0 N–H and O–H groups in total. The first-order valence-electron chi connectivity index (χ1n) is 18.8. The van der Waals surface area contributed by atoms with E-state index in [1.165, 1.54) is 4.90 Å². The molecule has 5 heterocycles. The van der Waals surface area contributed by atoms with Crippen molar-refractivity contribution in [1.82, 2.24) is 27.9 Å². The third kappa shape index (κ3) is 4.12. The van der Waals surface area contributed by atoms with E-state index < -0.39 is 0 Å². The molecule has 2 amide bonds. The topological polar surface area (TPSA) is 81.8 Å². The first kappa shape index (κ1) is 31.5. The number of aromatic nitrogens is 6. The molecule has 0 saturated heterocycles. The van der Waals surface area contributed by atoms with Crippen molar-refractivity contribution in [1.29, 1.82) is 0 Å². The summed E-state index contributed by atoms with van der Waals surface area (Å²) in [6, 6.07) is 42.4. The van der Waals surface area contributed by atoms with Crippen LogP contribution in [0, 0.1) is 0 Å². The second-order valence-electron chi connectivity index (χ2n) is 15.0. The van der Waals surface area contributed by atoms with Crippen molar-refractivity contribution in [3.63, 3.8) is 0 Å². The van der Waals surface area contributed by atoms with Crippen LogP contribution in [0.5, 0.6) is 0 Å². The molecule has 9 heteroatoms. The summed E-state index contributed by atoms with van der Waals surface area (Å²) in [5, 5.41) is 0. The summed E-state index contributed by atoms with van der Waals surface area (Å²) >= 11 is 0. The summed E-state index contributed by atoms with van der Waals surface area (Å²) < 4.78 is 8.34. The van der Waals surface area contributed by atoms with Gasteiger partial charge in [0.1, 0.15) is 0 Å². The van der Waals surface area contributed by atoms with E-state index in [2.05, 4.69) is 60.8 Å². The second kappa shape index (κ2) is 11.3. The molecule has 266 valence electrons. The smallest absolute Gasteiger partial charge is 0.268 e. The lowest BCUT2D eigenvalue weighted by molar-refractivity contribution is 0.0925. The highest BCUT2D eigenvalue weighted by Crippen LogP contribution is 2.44. The first-order chi connectivity index (χ1) is 26.8. The van der Waals surface area contributed by atoms with E-state index in [1.807, 2.05) is 112 Å². The first-order valence-corrected chi connectivity index (χ1v) is 18.8. The molecule has 0 spiro atoms. The number of fused-ring (bicyclic) bond motifs is 11. The van der Waals surface area contributed by atoms with Gasteiger partial charge in [0.25, 0.3) is 11.8 Å². The molecule has 0 fully saturated rings. The summed E-state index contributed by atoms with van der Waals surface area (Å²) in [5.41, 5.74) is 11.7. The van der Waals surface area contributed by atoms with Gasteiger partial charge in [-0.25, -0.2) is 14.9 Å². The Morgan fingerprint density at radius 1 is 0.436 bits per heavy atom. The molecule has 1 aliphatic rings. The van der Waals surface area contributed by atoms with Crippen LogP contribution in [-0.4, -0.2) is 39.7 Å². The number of imidazole rings is 4. The maximum atomic E-state index is 15.5. The maximum absolute atomic E-state index is 15.5. The lowest BCUT2D eigenvalue weighted by atomic mass is 9.92. The van der Waals surface area contributed by atoms with Crippen LogP contribution in [0.25, 0.3) is 67.1 Å². The molecule has 6 aromatic carbocycles. The van der Waals surface area contributed by atoms with Crippen molar-refractivity contribution in [2.45, 2.75) is 39.5 Å². The lowest BCUT2D eigenvalue weighted by Gasteiger charge is -2.25. The van der Waals surface area contributed by atoms with Gasteiger partial charge in [-0.05, 0) is 83.6 Å². The molecule has 0 aliphatic carbocycles. The van der Waals surface area contributed by atoms with Crippen molar-refractivity contribution in [2.24, 2.45) is 0 Å². The minimum atomic E-state index is -0.361. The predicted molar refractivity (Wildman–Crippen MR) is 218 cm³/mol. The zero-order chi connectivity index (χ0) is 37.3. The number of anilines is 1. The largest absolute Gasteiger partial charge is 0.277 e. The van der Waals surface area contributed by atoms with E-state index >= 15 is 9.59 Å². The van der Waals surface area contributed by atoms with Gasteiger partial charge in [-0.1, -0.05) is 94.4 Å². The van der Waals surface area contributed by atoms with Crippen LogP contribution in [-0.2, 0) is 0 Å². The maximum Gasteiger partial charge on any atom is 0.268 e. The highest BCUT2D eigenvalue weighted by atomic mass is 16.2. The average Bonchev–Trinajstić information content (AvgIpc) is 3.98. The zero-order valence-electron chi connectivity index (χ0n) is 30.7. The second-order valence-corrected chi connectivity index (χ2v) is 15.0. The third-order valence-electron chi connectivity index (χ3n) is 11.3. The summed E-state index contributed by atoms with van der Waals surface area (Å²) in [6.07, 6.45) is 0. The van der Waals surface area contributed by atoms with Crippen molar-refractivity contribution in [3.05, 3.63) is 150 Å². The van der Waals surface area contributed by atoms with Crippen LogP contribution in [0.3, 0.4) is 0 Å². The van der Waals surface area contributed by atoms with Crippen molar-refractivity contribution >= 4 is 73.2 Å². The SMILES string of the molecule is CC(C)c1cccc(C(C)C)c1N1C(=O)c2c(-n3c4ccccc4n4c5ccccc5nc34)ccc(-n3c4ccccc4n4c5ccccc5nc34)c2C1=O. The number of carbonyl (C=O) groups is 2. The summed E-state index contributed by atoms with van der Waals surface area (Å²) in [7, 11) is 0. The van der Waals surface area contributed by atoms with Gasteiger partial charge in [0.05, 0.1) is 72.3 Å². The number of hydrogen-bond acceptors (Lipinski definition) is 4. The molecule has 10 aromatic rings. The summed E-state index contributed by atoms with van der Waals surface area (Å²) in [6.45, 7) is 8.43. The molecule has 1 aliphatic heterocycles. The molecule has 0 radical (unpaired) electrons. The Balaban J connectivity index is 1.28. The summed E-state index contributed by atoms with van der Waals surface area (Å²) in [5.74, 6) is 0.727. The quantitative estimate of drug-likeness (QED) is 0.166.